The van der Waals surface area contributed by atoms with E-state index in [0.29, 0.717) is 5.56 Å². The quantitative estimate of drug-likeness (QED) is 0.692. The minimum Gasteiger partial charge on any atom is -0.452 e. The lowest BCUT2D eigenvalue weighted by atomic mass is 10.1. The molecule has 5 nitrogen and oxygen atoms in total. The summed E-state index contributed by atoms with van der Waals surface area (Å²) in [7, 11) is 1.81. The average Bonchev–Trinajstić information content (AvgIpc) is 3.17. The maximum absolute atomic E-state index is 12.5. The fourth-order valence-electron chi connectivity index (χ4n) is 2.23. The van der Waals surface area contributed by atoms with Crippen molar-refractivity contribution in [2.75, 3.05) is 0 Å². The molecular weight excluding hydrogens is 298 g/mol. The van der Waals surface area contributed by atoms with Crippen LogP contribution in [-0.2, 0) is 11.8 Å². The van der Waals surface area contributed by atoms with Crippen molar-refractivity contribution in [3.05, 3.63) is 58.7 Å². The number of thiazole rings is 1. The molecule has 0 bridgehead atoms. The van der Waals surface area contributed by atoms with E-state index in [1.165, 1.54) is 11.3 Å². The Kier molecular flexibility index (Phi) is 4.02. The average molecular weight is 313 g/mol. The first-order valence-electron chi connectivity index (χ1n) is 6.84. The molecule has 0 aliphatic carbocycles. The van der Waals surface area contributed by atoms with Gasteiger partial charge in [0.1, 0.15) is 10.6 Å². The highest BCUT2D eigenvalue weighted by molar-refractivity contribution is 7.09. The molecule has 0 amide bonds. The predicted molar refractivity (Wildman–Crippen MR) is 84.6 cm³/mol. The van der Waals surface area contributed by atoms with Crippen LogP contribution in [0.4, 0.5) is 0 Å². The Morgan fingerprint density at radius 3 is 2.77 bits per heavy atom. The molecule has 3 aromatic rings. The van der Waals surface area contributed by atoms with E-state index in [4.69, 9.17) is 4.74 Å². The highest BCUT2D eigenvalue weighted by Gasteiger charge is 2.22. The lowest BCUT2D eigenvalue weighted by Gasteiger charge is -2.11. The van der Waals surface area contributed by atoms with Gasteiger partial charge in [-0.1, -0.05) is 30.3 Å². The van der Waals surface area contributed by atoms with Crippen molar-refractivity contribution in [1.29, 1.82) is 0 Å². The van der Waals surface area contributed by atoms with Crippen LogP contribution in [0.15, 0.2) is 48.1 Å². The van der Waals surface area contributed by atoms with Crippen LogP contribution in [0.1, 0.15) is 28.4 Å². The van der Waals surface area contributed by atoms with Crippen LogP contribution in [0, 0.1) is 0 Å². The lowest BCUT2D eigenvalue weighted by molar-refractivity contribution is 0.0338. The van der Waals surface area contributed by atoms with Gasteiger partial charge in [0.15, 0.2) is 6.10 Å². The van der Waals surface area contributed by atoms with E-state index in [0.717, 1.165) is 16.3 Å². The third-order valence-corrected chi connectivity index (χ3v) is 4.23. The fourth-order valence-corrected chi connectivity index (χ4v) is 2.86. The maximum Gasteiger partial charge on any atom is 0.342 e. The number of aromatic nitrogens is 3. The second-order valence-electron chi connectivity index (χ2n) is 4.81. The molecule has 0 radical (unpaired) electrons. The summed E-state index contributed by atoms with van der Waals surface area (Å²) in [6.45, 7) is 1.81. The van der Waals surface area contributed by atoms with Crippen LogP contribution in [0.2, 0.25) is 0 Å². The van der Waals surface area contributed by atoms with E-state index in [1.807, 2.05) is 49.7 Å². The van der Waals surface area contributed by atoms with Crippen LogP contribution < -0.4 is 0 Å². The number of hydrogen-bond acceptors (Lipinski definition) is 5. The molecule has 1 unspecified atom stereocenters. The number of nitrogens with zero attached hydrogens (tertiary/aromatic N) is 3. The van der Waals surface area contributed by atoms with Gasteiger partial charge in [0, 0.05) is 24.2 Å². The van der Waals surface area contributed by atoms with Gasteiger partial charge in [-0.25, -0.2) is 9.78 Å². The number of benzene rings is 1. The van der Waals surface area contributed by atoms with Crippen LogP contribution in [-0.4, -0.2) is 20.7 Å². The van der Waals surface area contributed by atoms with Gasteiger partial charge in [-0.2, -0.15) is 5.10 Å². The Hall–Kier alpha value is -2.47. The number of ether oxygens (including phenoxy) is 1. The Balaban J connectivity index is 1.88. The molecule has 0 N–H and O–H groups in total. The zero-order valence-electron chi connectivity index (χ0n) is 12.3. The van der Waals surface area contributed by atoms with Gasteiger partial charge in [0.05, 0.1) is 11.9 Å². The smallest absolute Gasteiger partial charge is 0.342 e. The molecule has 22 heavy (non-hydrogen) atoms. The highest BCUT2D eigenvalue weighted by atomic mass is 32.1. The van der Waals surface area contributed by atoms with Crippen LogP contribution >= 0.6 is 11.3 Å². The van der Waals surface area contributed by atoms with Gasteiger partial charge < -0.3 is 4.74 Å². The Morgan fingerprint density at radius 1 is 1.32 bits per heavy atom. The zero-order valence-corrected chi connectivity index (χ0v) is 13.1. The predicted octanol–water partition coefficient (Wildman–Crippen LogP) is 3.46. The summed E-state index contributed by atoms with van der Waals surface area (Å²) in [5.74, 6) is -0.394. The SMILES string of the molecule is CC(OC(=O)c1cnn(C)c1-c1ccccc1)c1nccs1. The number of carbonyl (C=O) groups is 1. The monoisotopic (exact) mass is 313 g/mol. The first-order valence-corrected chi connectivity index (χ1v) is 7.72. The normalized spacial score (nSPS) is 12.1. The van der Waals surface area contributed by atoms with Crippen LogP contribution in [0.25, 0.3) is 11.3 Å². The summed E-state index contributed by atoms with van der Waals surface area (Å²) in [6.07, 6.45) is 2.86. The summed E-state index contributed by atoms with van der Waals surface area (Å²) >= 11 is 1.46. The van der Waals surface area contributed by atoms with Crippen LogP contribution in [0.5, 0.6) is 0 Å². The van der Waals surface area contributed by atoms with E-state index in [9.17, 15) is 4.79 Å². The molecule has 0 spiro atoms. The molecule has 0 fully saturated rings. The van der Waals surface area contributed by atoms with Crippen molar-refractivity contribution in [3.8, 4) is 11.3 Å². The molecule has 0 saturated carbocycles. The maximum atomic E-state index is 12.5. The molecule has 3 rings (SSSR count). The van der Waals surface area contributed by atoms with E-state index in [2.05, 4.69) is 10.1 Å². The third-order valence-electron chi connectivity index (χ3n) is 3.29. The first kappa shape index (κ1) is 14.5. The molecule has 2 aromatic heterocycles. The number of aryl methyl sites for hydroxylation is 1. The number of esters is 1. The fraction of sp³-hybridized carbons (Fsp3) is 0.188. The second-order valence-corrected chi connectivity index (χ2v) is 5.74. The number of rotatable bonds is 4. The van der Waals surface area contributed by atoms with Gasteiger partial charge in [0.25, 0.3) is 0 Å². The zero-order chi connectivity index (χ0) is 15.5. The minimum absolute atomic E-state index is 0.378. The van der Waals surface area contributed by atoms with Crippen molar-refractivity contribution in [2.24, 2.45) is 7.05 Å². The summed E-state index contributed by atoms with van der Waals surface area (Å²) in [6, 6.07) is 9.67. The topological polar surface area (TPSA) is 57.0 Å². The Bertz CT molecular complexity index is 766. The van der Waals surface area contributed by atoms with Crippen molar-refractivity contribution in [3.63, 3.8) is 0 Å². The second kappa shape index (κ2) is 6.11. The van der Waals surface area contributed by atoms with Crippen molar-refractivity contribution in [2.45, 2.75) is 13.0 Å². The van der Waals surface area contributed by atoms with Gasteiger partial charge in [0.2, 0.25) is 0 Å². The Morgan fingerprint density at radius 2 is 2.09 bits per heavy atom. The molecule has 112 valence electrons. The van der Waals surface area contributed by atoms with Gasteiger partial charge in [-0.05, 0) is 6.92 Å². The molecule has 1 atom stereocenters. The van der Waals surface area contributed by atoms with Gasteiger partial charge >= 0.3 is 5.97 Å². The molecule has 0 aliphatic heterocycles. The standard InChI is InChI=1S/C16H15N3O2S/c1-11(15-17-8-9-22-15)21-16(20)13-10-18-19(2)14(13)12-6-4-3-5-7-12/h3-11H,1-2H3. The Labute approximate surface area is 132 Å². The van der Waals surface area contributed by atoms with E-state index in [1.54, 1.807) is 17.1 Å². The van der Waals surface area contributed by atoms with Gasteiger partial charge in [-0.3, -0.25) is 4.68 Å². The molecule has 6 heteroatoms. The first-order chi connectivity index (χ1) is 10.7. The summed E-state index contributed by atoms with van der Waals surface area (Å²) in [5, 5.41) is 6.82. The number of hydrogen-bond donors (Lipinski definition) is 0. The van der Waals surface area contributed by atoms with Crippen molar-refractivity contribution in [1.82, 2.24) is 14.8 Å². The highest BCUT2D eigenvalue weighted by Crippen LogP contribution is 2.26. The number of carbonyl (C=O) groups excluding carboxylic acids is 1. The van der Waals surface area contributed by atoms with E-state index in [-0.39, 0.29) is 6.10 Å². The van der Waals surface area contributed by atoms with Crippen LogP contribution in [0.3, 0.4) is 0 Å². The van der Waals surface area contributed by atoms with E-state index < -0.39 is 5.97 Å². The van der Waals surface area contributed by atoms with Gasteiger partial charge in [-0.15, -0.1) is 11.3 Å². The summed E-state index contributed by atoms with van der Waals surface area (Å²) < 4.78 is 7.19. The molecule has 1 aromatic carbocycles. The van der Waals surface area contributed by atoms with Crippen molar-refractivity contribution >= 4 is 17.3 Å². The lowest BCUT2D eigenvalue weighted by Crippen LogP contribution is -2.10. The summed E-state index contributed by atoms with van der Waals surface area (Å²) in [4.78, 5) is 16.6. The summed E-state index contributed by atoms with van der Waals surface area (Å²) in [5.41, 5.74) is 2.13. The molecular formula is C16H15N3O2S. The molecule has 0 saturated heterocycles. The molecule has 2 heterocycles. The minimum atomic E-state index is -0.394. The van der Waals surface area contributed by atoms with E-state index >= 15 is 0 Å². The van der Waals surface area contributed by atoms with Crippen molar-refractivity contribution < 1.29 is 9.53 Å². The largest absolute Gasteiger partial charge is 0.452 e. The molecule has 0 aliphatic rings. The third kappa shape index (κ3) is 2.78.